The Bertz CT molecular complexity index is 493. The number of rotatable bonds is 2. The van der Waals surface area contributed by atoms with Gasteiger partial charge in [0.25, 0.3) is 0 Å². The van der Waals surface area contributed by atoms with E-state index in [-0.39, 0.29) is 6.54 Å². The lowest BCUT2D eigenvalue weighted by Crippen LogP contribution is -1.95. The minimum Gasteiger partial charge on any atom is -0.258 e. The number of aromatic nitrogens is 2. The molecule has 0 atom stereocenters. The van der Waals surface area contributed by atoms with Gasteiger partial charge in [-0.1, -0.05) is 23.7 Å². The molecule has 0 bridgehead atoms. The van der Waals surface area contributed by atoms with E-state index in [0.29, 0.717) is 5.02 Å². The van der Waals surface area contributed by atoms with Crippen LogP contribution in [0, 0.1) is 11.3 Å². The minimum absolute atomic E-state index is 0.271. The van der Waals surface area contributed by atoms with E-state index in [0.717, 1.165) is 11.3 Å². The highest BCUT2D eigenvalue weighted by atomic mass is 35.5. The summed E-state index contributed by atoms with van der Waals surface area (Å²) >= 11 is 5.79. The maximum Gasteiger partial charge on any atom is 0.128 e. The van der Waals surface area contributed by atoms with Gasteiger partial charge in [-0.2, -0.15) is 10.4 Å². The molecule has 0 saturated carbocycles. The zero-order valence-electron chi connectivity index (χ0n) is 7.89. The summed E-state index contributed by atoms with van der Waals surface area (Å²) in [6.45, 7) is 0.271. The highest BCUT2D eigenvalue weighted by Crippen LogP contribution is 2.19. The first-order chi connectivity index (χ1) is 7.29. The molecule has 0 spiro atoms. The van der Waals surface area contributed by atoms with Crippen LogP contribution in [-0.2, 0) is 6.54 Å². The Hall–Kier alpha value is -1.79. The van der Waals surface area contributed by atoms with Crippen LogP contribution < -0.4 is 0 Å². The normalized spacial score (nSPS) is 9.87. The van der Waals surface area contributed by atoms with Crippen LogP contribution in [0.2, 0.25) is 5.02 Å². The summed E-state index contributed by atoms with van der Waals surface area (Å²) in [5, 5.41) is 13.5. The molecule has 1 aromatic carbocycles. The van der Waals surface area contributed by atoms with Gasteiger partial charge in [-0.25, -0.2) is 0 Å². The maximum absolute atomic E-state index is 8.51. The van der Waals surface area contributed by atoms with Gasteiger partial charge in [0.05, 0.1) is 11.8 Å². The predicted molar refractivity (Wildman–Crippen MR) is 58.3 cm³/mol. The molecule has 0 aliphatic rings. The molecular formula is C11H8ClN3. The Morgan fingerprint density at radius 1 is 1.27 bits per heavy atom. The van der Waals surface area contributed by atoms with E-state index >= 15 is 0 Å². The van der Waals surface area contributed by atoms with Gasteiger partial charge in [0, 0.05) is 16.8 Å². The molecule has 0 fully saturated rings. The van der Waals surface area contributed by atoms with Gasteiger partial charge in [-0.15, -0.1) is 0 Å². The molecule has 0 N–H and O–H groups in total. The second-order valence-electron chi connectivity index (χ2n) is 3.06. The summed E-state index contributed by atoms with van der Waals surface area (Å²) in [4.78, 5) is 0. The highest BCUT2D eigenvalue weighted by Gasteiger charge is 2.01. The molecule has 0 radical (unpaired) electrons. The summed E-state index contributed by atoms with van der Waals surface area (Å²) < 4.78 is 1.60. The standard InChI is InChI=1S/C11H8ClN3/c12-10-3-1-9(2-4-10)11-5-7-15(14-11)8-6-13/h1-5,7H,8H2. The summed E-state index contributed by atoms with van der Waals surface area (Å²) in [5.41, 5.74) is 1.85. The van der Waals surface area contributed by atoms with Crippen LogP contribution in [0.3, 0.4) is 0 Å². The van der Waals surface area contributed by atoms with Gasteiger partial charge in [-0.05, 0) is 18.2 Å². The molecule has 15 heavy (non-hydrogen) atoms. The molecule has 1 heterocycles. The molecule has 0 aliphatic carbocycles. The van der Waals surface area contributed by atoms with Crippen LogP contribution in [0.25, 0.3) is 11.3 Å². The summed E-state index contributed by atoms with van der Waals surface area (Å²) in [6, 6.07) is 11.4. The Balaban J connectivity index is 2.30. The van der Waals surface area contributed by atoms with Crippen molar-refractivity contribution in [3.05, 3.63) is 41.6 Å². The first-order valence-electron chi connectivity index (χ1n) is 4.46. The maximum atomic E-state index is 8.51. The van der Waals surface area contributed by atoms with Gasteiger partial charge in [0.1, 0.15) is 6.54 Å². The first-order valence-corrected chi connectivity index (χ1v) is 4.84. The molecule has 0 aliphatic heterocycles. The highest BCUT2D eigenvalue weighted by molar-refractivity contribution is 6.30. The van der Waals surface area contributed by atoms with E-state index in [1.807, 2.05) is 36.4 Å². The fraction of sp³-hybridized carbons (Fsp3) is 0.0909. The summed E-state index contributed by atoms with van der Waals surface area (Å²) in [6.07, 6.45) is 1.78. The van der Waals surface area contributed by atoms with Gasteiger partial charge >= 0.3 is 0 Å². The average Bonchev–Trinajstić information content (AvgIpc) is 2.68. The van der Waals surface area contributed by atoms with Crippen molar-refractivity contribution in [1.29, 1.82) is 5.26 Å². The number of hydrogen-bond acceptors (Lipinski definition) is 2. The van der Waals surface area contributed by atoms with Crippen molar-refractivity contribution < 1.29 is 0 Å². The van der Waals surface area contributed by atoms with Crippen molar-refractivity contribution >= 4 is 11.6 Å². The fourth-order valence-electron chi connectivity index (χ4n) is 1.30. The quantitative estimate of drug-likeness (QED) is 0.776. The van der Waals surface area contributed by atoms with E-state index in [2.05, 4.69) is 5.10 Å². The number of benzene rings is 1. The van der Waals surface area contributed by atoms with Crippen LogP contribution in [0.1, 0.15) is 0 Å². The van der Waals surface area contributed by atoms with Gasteiger partial charge < -0.3 is 0 Å². The van der Waals surface area contributed by atoms with Crippen molar-refractivity contribution in [1.82, 2.24) is 9.78 Å². The van der Waals surface area contributed by atoms with E-state index in [9.17, 15) is 0 Å². The summed E-state index contributed by atoms with van der Waals surface area (Å²) in [7, 11) is 0. The van der Waals surface area contributed by atoms with Gasteiger partial charge in [0.2, 0.25) is 0 Å². The topological polar surface area (TPSA) is 41.6 Å². The zero-order valence-corrected chi connectivity index (χ0v) is 8.65. The van der Waals surface area contributed by atoms with E-state index in [1.54, 1.807) is 10.9 Å². The average molecular weight is 218 g/mol. The second-order valence-corrected chi connectivity index (χ2v) is 3.50. The molecular weight excluding hydrogens is 210 g/mol. The van der Waals surface area contributed by atoms with E-state index in [1.165, 1.54) is 0 Å². The lowest BCUT2D eigenvalue weighted by Gasteiger charge is -1.96. The third-order valence-electron chi connectivity index (χ3n) is 2.01. The minimum atomic E-state index is 0.271. The van der Waals surface area contributed by atoms with Gasteiger partial charge in [-0.3, -0.25) is 4.68 Å². The molecule has 1 aromatic heterocycles. The second kappa shape index (κ2) is 4.16. The Morgan fingerprint density at radius 3 is 2.67 bits per heavy atom. The smallest absolute Gasteiger partial charge is 0.128 e. The van der Waals surface area contributed by atoms with Crippen LogP contribution >= 0.6 is 11.6 Å². The molecule has 0 saturated heterocycles. The number of halogens is 1. The lowest BCUT2D eigenvalue weighted by molar-refractivity contribution is 0.712. The molecule has 2 rings (SSSR count). The molecule has 2 aromatic rings. The molecule has 4 heteroatoms. The third kappa shape index (κ3) is 2.17. The van der Waals surface area contributed by atoms with Crippen molar-refractivity contribution in [3.63, 3.8) is 0 Å². The van der Waals surface area contributed by atoms with E-state index < -0.39 is 0 Å². The molecule has 3 nitrogen and oxygen atoms in total. The number of hydrogen-bond donors (Lipinski definition) is 0. The van der Waals surface area contributed by atoms with Crippen LogP contribution in [-0.4, -0.2) is 9.78 Å². The van der Waals surface area contributed by atoms with Crippen LogP contribution in [0.15, 0.2) is 36.5 Å². The summed E-state index contributed by atoms with van der Waals surface area (Å²) in [5.74, 6) is 0. The zero-order chi connectivity index (χ0) is 10.7. The Kier molecular flexibility index (Phi) is 2.70. The first kappa shape index (κ1) is 9.75. The Morgan fingerprint density at radius 2 is 2.00 bits per heavy atom. The van der Waals surface area contributed by atoms with Crippen molar-refractivity contribution in [3.8, 4) is 17.3 Å². The monoisotopic (exact) mass is 217 g/mol. The number of nitriles is 1. The SMILES string of the molecule is N#CCn1ccc(-c2ccc(Cl)cc2)n1. The van der Waals surface area contributed by atoms with Crippen molar-refractivity contribution in [2.75, 3.05) is 0 Å². The van der Waals surface area contributed by atoms with Gasteiger partial charge in [0.15, 0.2) is 0 Å². The van der Waals surface area contributed by atoms with Crippen molar-refractivity contribution in [2.45, 2.75) is 6.54 Å². The molecule has 0 amide bonds. The molecule has 74 valence electrons. The molecule has 0 unspecified atom stereocenters. The Labute approximate surface area is 92.5 Å². The largest absolute Gasteiger partial charge is 0.258 e. The third-order valence-corrected chi connectivity index (χ3v) is 2.27. The predicted octanol–water partition coefficient (Wildman–Crippen LogP) is 2.73. The lowest BCUT2D eigenvalue weighted by atomic mass is 10.2. The fourth-order valence-corrected chi connectivity index (χ4v) is 1.42. The van der Waals surface area contributed by atoms with Crippen LogP contribution in [0.4, 0.5) is 0 Å². The van der Waals surface area contributed by atoms with Crippen LogP contribution in [0.5, 0.6) is 0 Å². The van der Waals surface area contributed by atoms with E-state index in [4.69, 9.17) is 16.9 Å². The number of nitrogens with zero attached hydrogens (tertiary/aromatic N) is 3. The van der Waals surface area contributed by atoms with Crippen molar-refractivity contribution in [2.24, 2.45) is 0 Å².